The summed E-state index contributed by atoms with van der Waals surface area (Å²) < 4.78 is 41.4. The highest BCUT2D eigenvalue weighted by atomic mass is 19.2. The molecule has 0 radical (unpaired) electrons. The Morgan fingerprint density at radius 1 is 1.08 bits per heavy atom. The van der Waals surface area contributed by atoms with E-state index in [0.29, 0.717) is 30.5 Å². The third-order valence-corrected chi connectivity index (χ3v) is 3.61. The summed E-state index contributed by atoms with van der Waals surface area (Å²) in [6.45, 7) is 2.05. The summed E-state index contributed by atoms with van der Waals surface area (Å²) in [7, 11) is 0. The van der Waals surface area contributed by atoms with Crippen LogP contribution in [0.15, 0.2) is 42.7 Å². The zero-order valence-corrected chi connectivity index (χ0v) is 13.8. The van der Waals surface area contributed by atoms with Crippen molar-refractivity contribution in [1.29, 1.82) is 0 Å². The molecule has 0 amide bonds. The highest BCUT2D eigenvalue weighted by Gasteiger charge is 2.11. The van der Waals surface area contributed by atoms with E-state index in [0.717, 1.165) is 16.4 Å². The van der Waals surface area contributed by atoms with Gasteiger partial charge in [-0.25, -0.2) is 13.2 Å². The molecule has 1 N–H and O–H groups in total. The molecule has 0 saturated carbocycles. The van der Waals surface area contributed by atoms with Crippen molar-refractivity contribution in [3.63, 3.8) is 0 Å². The Morgan fingerprint density at radius 2 is 1.85 bits per heavy atom. The van der Waals surface area contributed by atoms with Crippen LogP contribution in [0, 0.1) is 24.4 Å². The normalized spacial score (nSPS) is 10.8. The van der Waals surface area contributed by atoms with E-state index >= 15 is 0 Å². The standard InChI is InChI=1S/C18H15F3N4O/c1-11-7-17(22-5-4-12-3-2-6-25(26)10-12)24-18(23-11)13-8-15(20)16(21)9-14(13)19/h2-3,6-10H,4-5H2,1H3,(H-,22,23,24,26). The van der Waals surface area contributed by atoms with E-state index in [1.807, 2.05) is 6.07 Å². The number of benzene rings is 1. The van der Waals surface area contributed by atoms with Crippen LogP contribution in [0.25, 0.3) is 16.7 Å². The summed E-state index contributed by atoms with van der Waals surface area (Å²) in [5.41, 5.74) is 1.16. The fraction of sp³-hybridized carbons (Fsp3) is 0.167. The van der Waals surface area contributed by atoms with E-state index in [2.05, 4.69) is 15.3 Å². The average molecular weight is 360 g/mol. The van der Waals surface area contributed by atoms with E-state index in [-0.39, 0.29) is 11.4 Å². The number of rotatable bonds is 5. The first kappa shape index (κ1) is 17.7. The third kappa shape index (κ3) is 4.08. The molecule has 0 aliphatic carbocycles. The topological polar surface area (TPSA) is 64.0 Å². The van der Waals surface area contributed by atoms with Gasteiger partial charge in [0.1, 0.15) is 5.82 Å². The third-order valence-electron chi connectivity index (χ3n) is 3.61. The fourth-order valence-electron chi connectivity index (χ4n) is 2.41. The van der Waals surface area contributed by atoms with Crippen LogP contribution >= 0.6 is 0 Å². The number of aryl methyl sites for hydroxylation is 1. The number of aromatic nitrogens is 3. The molecule has 3 aromatic rings. The van der Waals surface area contributed by atoms with Gasteiger partial charge in [0.25, 0.3) is 0 Å². The first-order chi connectivity index (χ1) is 12.4. The molecule has 0 saturated heterocycles. The summed E-state index contributed by atoms with van der Waals surface area (Å²) in [5, 5.41) is 13.7. The Labute approximate surface area is 147 Å². The van der Waals surface area contributed by atoms with Crippen molar-refractivity contribution in [1.82, 2.24) is 9.97 Å². The molecule has 0 unspecified atom stereocenters. The predicted octanol–water partition coefficient (Wildman–Crippen LogP) is 3.64. The second kappa shape index (κ2) is 7.38. The van der Waals surface area contributed by atoms with Crippen LogP contribution in [-0.2, 0) is 6.42 Å². The zero-order chi connectivity index (χ0) is 18.7. The quantitative estimate of drug-likeness (QED) is 0.429. The lowest BCUT2D eigenvalue weighted by atomic mass is 10.2. The summed E-state index contributed by atoms with van der Waals surface area (Å²) in [6, 6.07) is 6.35. The minimum Gasteiger partial charge on any atom is -0.465 e. The van der Waals surface area contributed by atoms with Crippen molar-refractivity contribution >= 4 is 5.82 Å². The van der Waals surface area contributed by atoms with Gasteiger partial charge < -0.3 is 10.3 Å². The second-order valence-corrected chi connectivity index (χ2v) is 5.66. The van der Waals surface area contributed by atoms with E-state index in [4.69, 9.17) is 0 Å². The van der Waals surface area contributed by atoms with Crippen LogP contribution < -0.4 is 4.73 Å². The van der Waals surface area contributed by atoms with Crippen molar-refractivity contribution in [2.45, 2.75) is 13.3 Å². The highest BCUT2D eigenvalue weighted by Crippen LogP contribution is 2.26. The minimum absolute atomic E-state index is 0.0620. The van der Waals surface area contributed by atoms with Gasteiger partial charge in [-0.1, -0.05) is 5.82 Å². The molecule has 3 rings (SSSR count). The van der Waals surface area contributed by atoms with Crippen molar-refractivity contribution in [3.8, 4) is 11.4 Å². The Bertz CT molecular complexity index is 950. The molecule has 0 bridgehead atoms. The summed E-state index contributed by atoms with van der Waals surface area (Å²) >= 11 is 0. The largest absolute Gasteiger partial charge is 0.465 e. The van der Waals surface area contributed by atoms with Gasteiger partial charge in [-0.2, -0.15) is 0 Å². The molecular weight excluding hydrogens is 345 g/mol. The van der Waals surface area contributed by atoms with Gasteiger partial charge in [0.2, 0.25) is 12.4 Å². The van der Waals surface area contributed by atoms with Gasteiger partial charge in [0.05, 0.1) is 5.82 Å². The minimum atomic E-state index is -1.27. The Morgan fingerprint density at radius 3 is 2.62 bits per heavy atom. The lowest BCUT2D eigenvalue weighted by molar-refractivity contribution is -0.905. The van der Waals surface area contributed by atoms with Crippen molar-refractivity contribution in [3.05, 3.63) is 76.8 Å². The molecule has 1 aromatic carbocycles. The Hall–Kier alpha value is -3.16. The highest BCUT2D eigenvalue weighted by molar-refractivity contribution is 5.59. The van der Waals surface area contributed by atoms with Crippen LogP contribution in [0.1, 0.15) is 11.3 Å². The van der Waals surface area contributed by atoms with Crippen molar-refractivity contribution < 1.29 is 23.1 Å². The van der Waals surface area contributed by atoms with E-state index in [1.165, 1.54) is 6.20 Å². The SMILES string of the molecule is Cc1cc([N-]CCc2ccc[n+](O)c2)nc(-c2cc(F)c(F)cc2F)n1. The molecule has 5 nitrogen and oxygen atoms in total. The molecule has 26 heavy (non-hydrogen) atoms. The molecule has 2 aromatic heterocycles. The Kier molecular flexibility index (Phi) is 5.01. The smallest absolute Gasteiger partial charge is 0.225 e. The first-order valence-corrected chi connectivity index (χ1v) is 7.80. The maximum Gasteiger partial charge on any atom is 0.225 e. The van der Waals surface area contributed by atoms with Gasteiger partial charge in [-0.15, -0.1) is 0 Å². The van der Waals surface area contributed by atoms with Gasteiger partial charge in [-0.05, 0) is 38.1 Å². The maximum atomic E-state index is 13.9. The summed E-state index contributed by atoms with van der Waals surface area (Å²) in [4.78, 5) is 8.20. The molecular formula is C18H15F3N4O. The first-order valence-electron chi connectivity index (χ1n) is 7.80. The number of hydrogen-bond donors (Lipinski definition) is 1. The number of pyridine rings is 1. The van der Waals surface area contributed by atoms with E-state index in [1.54, 1.807) is 25.3 Å². The molecule has 0 spiro atoms. The lowest BCUT2D eigenvalue weighted by Crippen LogP contribution is -2.28. The molecule has 2 heterocycles. The molecule has 0 aliphatic heterocycles. The Balaban J connectivity index is 1.79. The van der Waals surface area contributed by atoms with Gasteiger partial charge in [0, 0.05) is 33.7 Å². The predicted molar refractivity (Wildman–Crippen MR) is 87.5 cm³/mol. The van der Waals surface area contributed by atoms with Crippen molar-refractivity contribution in [2.24, 2.45) is 0 Å². The van der Waals surface area contributed by atoms with Crippen LogP contribution in [-0.4, -0.2) is 21.7 Å². The summed E-state index contributed by atoms with van der Waals surface area (Å²) in [6.07, 6.45) is 3.61. The van der Waals surface area contributed by atoms with Crippen LogP contribution in [0.4, 0.5) is 19.0 Å². The van der Waals surface area contributed by atoms with Crippen LogP contribution in [0.3, 0.4) is 0 Å². The summed E-state index contributed by atoms with van der Waals surface area (Å²) in [5.74, 6) is -3.14. The molecule has 0 aliphatic rings. The fourth-order valence-corrected chi connectivity index (χ4v) is 2.41. The van der Waals surface area contributed by atoms with Crippen LogP contribution in [0.2, 0.25) is 0 Å². The van der Waals surface area contributed by atoms with Gasteiger partial charge in [-0.3, -0.25) is 10.2 Å². The number of halogens is 3. The molecule has 0 atom stereocenters. The molecule has 134 valence electrons. The monoisotopic (exact) mass is 360 g/mol. The lowest BCUT2D eigenvalue weighted by Gasteiger charge is -2.18. The van der Waals surface area contributed by atoms with Gasteiger partial charge in [0.15, 0.2) is 11.6 Å². The van der Waals surface area contributed by atoms with E-state index in [9.17, 15) is 18.4 Å². The van der Waals surface area contributed by atoms with Crippen molar-refractivity contribution in [2.75, 3.05) is 6.54 Å². The maximum absolute atomic E-state index is 13.9. The average Bonchev–Trinajstić information content (AvgIpc) is 2.58. The molecule has 8 heteroatoms. The second-order valence-electron chi connectivity index (χ2n) is 5.66. The number of nitrogens with zero attached hydrogens (tertiary/aromatic N) is 4. The molecule has 0 fully saturated rings. The van der Waals surface area contributed by atoms with E-state index < -0.39 is 17.5 Å². The number of hydrogen-bond acceptors (Lipinski definition) is 3. The zero-order valence-electron chi connectivity index (χ0n) is 13.8. The van der Waals surface area contributed by atoms with Gasteiger partial charge >= 0.3 is 0 Å². The van der Waals surface area contributed by atoms with Crippen LogP contribution in [0.5, 0.6) is 0 Å².